The van der Waals surface area contributed by atoms with Gasteiger partial charge in [-0.3, -0.25) is 19.3 Å². The van der Waals surface area contributed by atoms with E-state index in [-0.39, 0.29) is 28.3 Å². The second-order valence-electron chi connectivity index (χ2n) is 9.56. The lowest BCUT2D eigenvalue weighted by Gasteiger charge is -2.33. The molecule has 2 atom stereocenters. The van der Waals surface area contributed by atoms with E-state index in [9.17, 15) is 14.4 Å². The van der Waals surface area contributed by atoms with Crippen LogP contribution in [0.5, 0.6) is 0 Å². The normalized spacial score (nSPS) is 15.5. The number of para-hydroxylation sites is 1. The molecule has 2 heterocycles. The van der Waals surface area contributed by atoms with E-state index in [1.165, 1.54) is 4.90 Å². The number of nitrogens with one attached hydrogen (secondary N) is 1. The first kappa shape index (κ1) is 28.1. The van der Waals surface area contributed by atoms with Crippen molar-refractivity contribution < 1.29 is 19.1 Å². The van der Waals surface area contributed by atoms with Crippen LogP contribution < -0.4 is 26.6 Å². The second kappa shape index (κ2) is 12.3. The number of aromatic nitrogens is 1. The van der Waals surface area contributed by atoms with Gasteiger partial charge >= 0.3 is 0 Å². The Morgan fingerprint density at radius 2 is 1.87 bits per heavy atom. The predicted molar refractivity (Wildman–Crippen MR) is 153 cm³/mol. The van der Waals surface area contributed by atoms with Crippen LogP contribution in [0.4, 0.5) is 17.1 Å². The number of nitrogens with zero attached hydrogens (tertiary/aromatic N) is 3. The minimum absolute atomic E-state index is 0.0385. The molecule has 10 nitrogen and oxygen atoms in total. The van der Waals surface area contributed by atoms with Crippen LogP contribution in [-0.2, 0) is 16.0 Å². The lowest BCUT2D eigenvalue weighted by atomic mass is 9.99. The van der Waals surface area contributed by atoms with Crippen LogP contribution in [-0.4, -0.2) is 55.4 Å². The highest BCUT2D eigenvalue weighted by Crippen LogP contribution is 2.35. The molecule has 3 aromatic rings. The maximum absolute atomic E-state index is 14.3. The van der Waals surface area contributed by atoms with Crippen LogP contribution in [0.25, 0.3) is 0 Å². The maximum Gasteiger partial charge on any atom is 0.273 e. The molecule has 4 rings (SSSR count). The standard InChI is InChI=1S/C28H34N6O4S/c1-4-17-8-5-6-10-21(17)34(28(37)25-22(29)23(26(30)35)32-39-25)24(18-11-13-19(14-12-18)33(2)3)27(36)31-16-20-9-7-15-38-20/h5-6,8,10-14,20,24H,4,7,9,15-16,29H2,1-3H3,(H2,30,35)(H,31,36)/t20-,24-/m0/s1. The van der Waals surface area contributed by atoms with Gasteiger partial charge in [-0.15, -0.1) is 0 Å². The third-order valence-corrected chi connectivity index (χ3v) is 7.62. The SMILES string of the molecule is CCc1ccccc1N(C(=O)c1snc(C(N)=O)c1N)[C@H](C(=O)NC[C@@H]1CCCO1)c1ccc(N(C)C)cc1. The topological polar surface area (TPSA) is 144 Å². The molecule has 0 radical (unpaired) electrons. The zero-order valence-corrected chi connectivity index (χ0v) is 23.2. The number of amides is 3. The van der Waals surface area contributed by atoms with Crippen LogP contribution in [0.2, 0.25) is 0 Å². The van der Waals surface area contributed by atoms with Crippen molar-refractivity contribution in [2.24, 2.45) is 5.73 Å². The number of primary amides is 1. The zero-order chi connectivity index (χ0) is 28.1. The van der Waals surface area contributed by atoms with E-state index in [1.54, 1.807) is 6.07 Å². The highest BCUT2D eigenvalue weighted by atomic mass is 32.1. The number of nitrogens with two attached hydrogens (primary N) is 2. The summed E-state index contributed by atoms with van der Waals surface area (Å²) in [7, 11) is 3.86. The summed E-state index contributed by atoms with van der Waals surface area (Å²) in [6.45, 7) is 2.97. The summed E-state index contributed by atoms with van der Waals surface area (Å²) in [4.78, 5) is 43.5. The first-order valence-corrected chi connectivity index (χ1v) is 13.6. The fourth-order valence-electron chi connectivity index (χ4n) is 4.64. The number of hydrogen-bond donors (Lipinski definition) is 3. The van der Waals surface area contributed by atoms with Crippen molar-refractivity contribution in [2.75, 3.05) is 42.8 Å². The van der Waals surface area contributed by atoms with E-state index in [4.69, 9.17) is 16.2 Å². The quantitative estimate of drug-likeness (QED) is 0.352. The third kappa shape index (κ3) is 6.04. The Bertz CT molecular complexity index is 1330. The summed E-state index contributed by atoms with van der Waals surface area (Å²) in [5.41, 5.74) is 14.3. The van der Waals surface area contributed by atoms with E-state index in [0.717, 1.165) is 35.6 Å². The molecule has 1 aromatic heterocycles. The first-order chi connectivity index (χ1) is 18.7. The van der Waals surface area contributed by atoms with E-state index in [0.29, 0.717) is 30.8 Å². The van der Waals surface area contributed by atoms with Crippen molar-refractivity contribution in [1.82, 2.24) is 9.69 Å². The van der Waals surface area contributed by atoms with Crippen molar-refractivity contribution in [3.8, 4) is 0 Å². The molecule has 2 aromatic carbocycles. The summed E-state index contributed by atoms with van der Waals surface area (Å²) in [5, 5.41) is 3.01. The molecular weight excluding hydrogens is 516 g/mol. The summed E-state index contributed by atoms with van der Waals surface area (Å²) in [6.07, 6.45) is 2.34. The van der Waals surface area contributed by atoms with Crippen molar-refractivity contribution in [3.63, 3.8) is 0 Å². The molecule has 0 unspecified atom stereocenters. The van der Waals surface area contributed by atoms with Gasteiger partial charge in [-0.25, -0.2) is 0 Å². The molecule has 3 amide bonds. The van der Waals surface area contributed by atoms with Gasteiger partial charge in [0.15, 0.2) is 5.69 Å². The monoisotopic (exact) mass is 550 g/mol. The smallest absolute Gasteiger partial charge is 0.273 e. The molecule has 0 saturated carbocycles. The summed E-state index contributed by atoms with van der Waals surface area (Å²) < 4.78 is 9.73. The maximum atomic E-state index is 14.3. The third-order valence-electron chi connectivity index (χ3n) is 6.77. The Morgan fingerprint density at radius 1 is 1.15 bits per heavy atom. The highest BCUT2D eigenvalue weighted by Gasteiger charge is 2.37. The van der Waals surface area contributed by atoms with Gasteiger partial charge in [0.1, 0.15) is 10.9 Å². The molecule has 1 aliphatic heterocycles. The molecule has 5 N–H and O–H groups in total. The molecular formula is C28H34N6O4S. The van der Waals surface area contributed by atoms with Crippen molar-refractivity contribution in [1.29, 1.82) is 0 Å². The lowest BCUT2D eigenvalue weighted by molar-refractivity contribution is -0.123. The Morgan fingerprint density at radius 3 is 2.46 bits per heavy atom. The lowest BCUT2D eigenvalue weighted by Crippen LogP contribution is -2.46. The Balaban J connectivity index is 1.85. The van der Waals surface area contributed by atoms with Crippen LogP contribution in [0.1, 0.15) is 57.1 Å². The largest absolute Gasteiger partial charge is 0.395 e. The molecule has 0 bridgehead atoms. The first-order valence-electron chi connectivity index (χ1n) is 12.9. The molecule has 1 fully saturated rings. The van der Waals surface area contributed by atoms with Gasteiger partial charge in [-0.05, 0) is 60.1 Å². The minimum atomic E-state index is -1.04. The van der Waals surface area contributed by atoms with Crippen molar-refractivity contribution in [2.45, 2.75) is 38.3 Å². The van der Waals surface area contributed by atoms with Crippen LogP contribution in [0.15, 0.2) is 48.5 Å². The average Bonchev–Trinajstić information content (AvgIpc) is 3.60. The fourth-order valence-corrected chi connectivity index (χ4v) is 5.38. The summed E-state index contributed by atoms with van der Waals surface area (Å²) in [6, 6.07) is 13.9. The number of aryl methyl sites for hydroxylation is 1. The predicted octanol–water partition coefficient (Wildman–Crippen LogP) is 3.14. The Kier molecular flexibility index (Phi) is 8.82. The molecule has 0 aliphatic carbocycles. The summed E-state index contributed by atoms with van der Waals surface area (Å²) >= 11 is 0.788. The minimum Gasteiger partial charge on any atom is -0.395 e. The van der Waals surface area contributed by atoms with E-state index in [1.807, 2.05) is 68.4 Å². The molecule has 1 aliphatic rings. The van der Waals surface area contributed by atoms with Gasteiger partial charge in [-0.2, -0.15) is 4.37 Å². The fraction of sp³-hybridized carbons (Fsp3) is 0.357. The summed E-state index contributed by atoms with van der Waals surface area (Å²) in [5.74, 6) is -1.73. The molecule has 39 heavy (non-hydrogen) atoms. The van der Waals surface area contributed by atoms with Crippen LogP contribution in [0, 0.1) is 0 Å². The second-order valence-corrected chi connectivity index (χ2v) is 10.3. The van der Waals surface area contributed by atoms with E-state index < -0.39 is 17.9 Å². The number of anilines is 3. The zero-order valence-electron chi connectivity index (χ0n) is 22.3. The Hall–Kier alpha value is -3.96. The van der Waals surface area contributed by atoms with E-state index in [2.05, 4.69) is 9.69 Å². The Labute approximate surface area is 232 Å². The van der Waals surface area contributed by atoms with Crippen LogP contribution >= 0.6 is 11.5 Å². The van der Waals surface area contributed by atoms with Gasteiger partial charge in [-0.1, -0.05) is 37.3 Å². The van der Waals surface area contributed by atoms with Gasteiger partial charge in [0.05, 0.1) is 11.8 Å². The van der Waals surface area contributed by atoms with Gasteiger partial charge in [0.2, 0.25) is 5.91 Å². The molecule has 0 spiro atoms. The number of rotatable bonds is 10. The van der Waals surface area contributed by atoms with Gasteiger partial charge in [0, 0.05) is 38.6 Å². The number of nitrogen functional groups attached to an aromatic ring is 1. The molecule has 1 saturated heterocycles. The highest BCUT2D eigenvalue weighted by molar-refractivity contribution is 7.09. The number of hydrogen-bond acceptors (Lipinski definition) is 8. The van der Waals surface area contributed by atoms with Crippen molar-refractivity contribution >= 4 is 46.3 Å². The number of ether oxygens (including phenoxy) is 1. The van der Waals surface area contributed by atoms with Gasteiger partial charge < -0.3 is 26.4 Å². The van der Waals surface area contributed by atoms with E-state index >= 15 is 0 Å². The average molecular weight is 551 g/mol. The van der Waals surface area contributed by atoms with Crippen molar-refractivity contribution in [3.05, 3.63) is 70.2 Å². The molecule has 11 heteroatoms. The number of carbonyl (C=O) groups excluding carboxylic acids is 3. The number of benzene rings is 2. The van der Waals surface area contributed by atoms with Gasteiger partial charge in [0.25, 0.3) is 11.8 Å². The molecule has 206 valence electrons. The van der Waals surface area contributed by atoms with Crippen LogP contribution in [0.3, 0.4) is 0 Å². The number of carbonyl (C=O) groups is 3.